The van der Waals surface area contributed by atoms with E-state index in [1.54, 1.807) is 39.8 Å². The predicted molar refractivity (Wildman–Crippen MR) is 118 cm³/mol. The molecular formula is C23H21N5O4. The number of anilines is 2. The molecule has 0 aliphatic rings. The minimum Gasteiger partial charge on any atom is -0.360 e. The molecule has 0 saturated carbocycles. The molecule has 0 fully saturated rings. The summed E-state index contributed by atoms with van der Waals surface area (Å²) in [7, 11) is 0. The normalized spacial score (nSPS) is 10.8. The molecule has 162 valence electrons. The Bertz CT molecular complexity index is 1230. The third kappa shape index (κ3) is 4.13. The van der Waals surface area contributed by atoms with E-state index in [9.17, 15) is 9.59 Å². The van der Waals surface area contributed by atoms with Gasteiger partial charge < -0.3 is 19.7 Å². The number of aromatic nitrogens is 3. The van der Waals surface area contributed by atoms with E-state index >= 15 is 0 Å². The smallest absolute Gasteiger partial charge is 0.259 e. The molecule has 0 saturated heterocycles. The van der Waals surface area contributed by atoms with Gasteiger partial charge in [0.25, 0.3) is 11.8 Å². The molecule has 32 heavy (non-hydrogen) atoms. The Morgan fingerprint density at radius 1 is 0.750 bits per heavy atom. The van der Waals surface area contributed by atoms with E-state index in [1.807, 2.05) is 30.3 Å². The van der Waals surface area contributed by atoms with Crippen molar-refractivity contribution in [1.82, 2.24) is 15.3 Å². The van der Waals surface area contributed by atoms with Crippen molar-refractivity contribution < 1.29 is 18.6 Å². The van der Waals surface area contributed by atoms with Crippen LogP contribution in [0.2, 0.25) is 0 Å². The first-order valence-electron chi connectivity index (χ1n) is 9.89. The van der Waals surface area contributed by atoms with Gasteiger partial charge >= 0.3 is 0 Å². The van der Waals surface area contributed by atoms with E-state index in [0.29, 0.717) is 34.0 Å². The summed E-state index contributed by atoms with van der Waals surface area (Å²) in [5, 5.41) is 13.1. The number of aryl methyl sites for hydroxylation is 4. The lowest BCUT2D eigenvalue weighted by Crippen LogP contribution is -2.22. The largest absolute Gasteiger partial charge is 0.360 e. The summed E-state index contributed by atoms with van der Waals surface area (Å²) in [6, 6.07) is 12.4. The van der Waals surface area contributed by atoms with E-state index in [2.05, 4.69) is 25.9 Å². The summed E-state index contributed by atoms with van der Waals surface area (Å²) in [5.41, 5.74) is 2.66. The Hall–Kier alpha value is -4.27. The topological polar surface area (TPSA) is 123 Å². The zero-order valence-corrected chi connectivity index (χ0v) is 18.0. The van der Waals surface area contributed by atoms with Crippen LogP contribution in [0, 0.1) is 27.7 Å². The highest BCUT2D eigenvalue weighted by atomic mass is 16.5. The van der Waals surface area contributed by atoms with E-state index in [-0.39, 0.29) is 22.8 Å². The second kappa shape index (κ2) is 8.46. The lowest BCUT2D eigenvalue weighted by atomic mass is 9.91. The van der Waals surface area contributed by atoms with Gasteiger partial charge in [-0.25, -0.2) is 0 Å². The average molecular weight is 431 g/mol. The van der Waals surface area contributed by atoms with Crippen molar-refractivity contribution in [3.63, 3.8) is 0 Å². The number of hydrogen-bond acceptors (Lipinski definition) is 7. The second-order valence-corrected chi connectivity index (χ2v) is 7.33. The van der Waals surface area contributed by atoms with Crippen molar-refractivity contribution in [2.24, 2.45) is 0 Å². The summed E-state index contributed by atoms with van der Waals surface area (Å²) in [6.45, 7) is 6.91. The van der Waals surface area contributed by atoms with Crippen LogP contribution in [0.15, 0.2) is 51.5 Å². The summed E-state index contributed by atoms with van der Waals surface area (Å²) in [4.78, 5) is 31.1. The van der Waals surface area contributed by atoms with Crippen molar-refractivity contribution in [3.05, 3.63) is 76.5 Å². The molecule has 0 radical (unpaired) electrons. The Morgan fingerprint density at radius 3 is 1.62 bits per heavy atom. The van der Waals surface area contributed by atoms with Gasteiger partial charge in [-0.05, 0) is 33.3 Å². The fraction of sp³-hybridized carbons (Fsp3) is 0.174. The van der Waals surface area contributed by atoms with Gasteiger partial charge in [-0.2, -0.15) is 0 Å². The van der Waals surface area contributed by atoms with Gasteiger partial charge in [-0.15, -0.1) is 0 Å². The highest BCUT2D eigenvalue weighted by Crippen LogP contribution is 2.32. The number of benzene rings is 1. The highest BCUT2D eigenvalue weighted by molar-refractivity contribution is 6.16. The fourth-order valence-electron chi connectivity index (χ4n) is 3.51. The second-order valence-electron chi connectivity index (χ2n) is 7.33. The van der Waals surface area contributed by atoms with Crippen LogP contribution in [-0.4, -0.2) is 27.1 Å². The molecule has 0 aliphatic carbocycles. The van der Waals surface area contributed by atoms with Crippen LogP contribution in [-0.2, 0) is 0 Å². The Kier molecular flexibility index (Phi) is 5.55. The average Bonchev–Trinajstić information content (AvgIpc) is 3.35. The van der Waals surface area contributed by atoms with Crippen LogP contribution in [0.25, 0.3) is 11.1 Å². The number of amides is 2. The third-order valence-electron chi connectivity index (χ3n) is 4.81. The summed E-state index contributed by atoms with van der Waals surface area (Å²) < 4.78 is 10.1. The maximum atomic E-state index is 13.3. The Labute approximate surface area is 183 Å². The van der Waals surface area contributed by atoms with E-state index < -0.39 is 11.8 Å². The van der Waals surface area contributed by atoms with Crippen LogP contribution in [0.1, 0.15) is 43.6 Å². The lowest BCUT2D eigenvalue weighted by Gasteiger charge is -2.18. The SMILES string of the molecule is Cc1cc(NC(=O)c2c(C)nc(C)c(C(=O)Nc3cc(C)on3)c2-c2ccccc2)no1. The Morgan fingerprint density at radius 2 is 1.22 bits per heavy atom. The first-order valence-corrected chi connectivity index (χ1v) is 9.89. The van der Waals surface area contributed by atoms with Crippen LogP contribution >= 0.6 is 0 Å². The van der Waals surface area contributed by atoms with E-state index in [4.69, 9.17) is 9.05 Å². The molecule has 0 bridgehead atoms. The molecule has 3 aromatic heterocycles. The molecule has 9 heteroatoms. The van der Waals surface area contributed by atoms with Crippen LogP contribution in [0.3, 0.4) is 0 Å². The lowest BCUT2D eigenvalue weighted by molar-refractivity contribution is 0.102. The summed E-state index contributed by atoms with van der Waals surface area (Å²) in [6.07, 6.45) is 0. The molecule has 4 aromatic rings. The molecule has 1 aromatic carbocycles. The molecule has 0 atom stereocenters. The van der Waals surface area contributed by atoms with Crippen molar-refractivity contribution in [2.75, 3.05) is 10.6 Å². The van der Waals surface area contributed by atoms with Gasteiger partial charge in [0, 0.05) is 17.7 Å². The molecule has 3 heterocycles. The van der Waals surface area contributed by atoms with Gasteiger partial charge in [-0.3, -0.25) is 14.6 Å². The number of pyridine rings is 1. The molecule has 0 aliphatic heterocycles. The number of rotatable bonds is 5. The molecule has 2 N–H and O–H groups in total. The number of hydrogen-bond donors (Lipinski definition) is 2. The first-order chi connectivity index (χ1) is 15.3. The van der Waals surface area contributed by atoms with Crippen molar-refractivity contribution in [1.29, 1.82) is 0 Å². The summed E-state index contributed by atoms with van der Waals surface area (Å²) >= 11 is 0. The van der Waals surface area contributed by atoms with Crippen molar-refractivity contribution in [3.8, 4) is 11.1 Å². The molecule has 2 amide bonds. The molecular weight excluding hydrogens is 410 g/mol. The van der Waals surface area contributed by atoms with Gasteiger partial charge in [0.15, 0.2) is 11.6 Å². The zero-order valence-electron chi connectivity index (χ0n) is 18.0. The van der Waals surface area contributed by atoms with Gasteiger partial charge in [0.05, 0.1) is 22.5 Å². The van der Waals surface area contributed by atoms with Crippen molar-refractivity contribution >= 4 is 23.5 Å². The van der Waals surface area contributed by atoms with Gasteiger partial charge in [0.2, 0.25) is 0 Å². The molecule has 9 nitrogen and oxygen atoms in total. The van der Waals surface area contributed by atoms with Gasteiger partial charge in [-0.1, -0.05) is 40.6 Å². The third-order valence-corrected chi connectivity index (χ3v) is 4.81. The van der Waals surface area contributed by atoms with Crippen LogP contribution in [0.5, 0.6) is 0 Å². The van der Waals surface area contributed by atoms with Crippen LogP contribution in [0.4, 0.5) is 11.6 Å². The quantitative estimate of drug-likeness (QED) is 0.478. The zero-order chi connectivity index (χ0) is 22.8. The minimum absolute atomic E-state index is 0.268. The maximum Gasteiger partial charge on any atom is 0.259 e. The molecule has 4 rings (SSSR count). The van der Waals surface area contributed by atoms with Gasteiger partial charge in [0.1, 0.15) is 11.5 Å². The van der Waals surface area contributed by atoms with Crippen molar-refractivity contribution in [2.45, 2.75) is 27.7 Å². The predicted octanol–water partition coefficient (Wildman–Crippen LogP) is 4.46. The molecule has 0 unspecified atom stereocenters. The number of carbonyl (C=O) groups is 2. The number of nitrogens with one attached hydrogen (secondary N) is 2. The Balaban J connectivity index is 1.86. The highest BCUT2D eigenvalue weighted by Gasteiger charge is 2.27. The molecule has 0 spiro atoms. The van der Waals surface area contributed by atoms with Crippen LogP contribution < -0.4 is 10.6 Å². The standard InChI is InChI=1S/C23H21N5O4/c1-12-10-17(27-31-12)25-22(29)19-14(3)24-15(4)20(21(19)16-8-6-5-7-9-16)23(30)26-18-11-13(2)32-28-18/h5-11H,1-4H3,(H,25,27,29)(H,26,28,30). The van der Waals surface area contributed by atoms with E-state index in [0.717, 1.165) is 0 Å². The number of nitrogens with zero attached hydrogens (tertiary/aromatic N) is 3. The fourth-order valence-corrected chi connectivity index (χ4v) is 3.51. The minimum atomic E-state index is -0.450. The van der Waals surface area contributed by atoms with E-state index in [1.165, 1.54) is 0 Å². The first kappa shape index (κ1) is 21.0. The maximum absolute atomic E-state index is 13.3. The monoisotopic (exact) mass is 431 g/mol. The summed E-state index contributed by atoms with van der Waals surface area (Å²) in [5.74, 6) is 0.767. The number of carbonyl (C=O) groups excluding carboxylic acids is 2.